The minimum atomic E-state index is -0.572. The molecular weight excluding hydrogens is 456 g/mol. The summed E-state index contributed by atoms with van der Waals surface area (Å²) in [5.41, 5.74) is 3.04. The number of nitrogens with one attached hydrogen (secondary N) is 1. The topological polar surface area (TPSA) is 108 Å². The van der Waals surface area contributed by atoms with Gasteiger partial charge in [-0.3, -0.25) is 4.79 Å². The standard InChI is InChI=1S/C25H22N2O6S/c1-15-5-3-4-6-20(15)27-22(28)11-23-26-17(14-34-23)12-32-25(30)13-31-18-7-8-19-16(2)9-24(29)33-21(19)10-18/h3-10,14H,11-13H2,1-2H3,(H,27,28). The maximum atomic E-state index is 12.3. The van der Waals surface area contributed by atoms with Gasteiger partial charge in [0.2, 0.25) is 5.91 Å². The minimum Gasteiger partial charge on any atom is -0.482 e. The summed E-state index contributed by atoms with van der Waals surface area (Å²) in [6.45, 7) is 3.41. The van der Waals surface area contributed by atoms with E-state index in [1.807, 2.05) is 38.1 Å². The number of esters is 1. The Morgan fingerprint density at radius 3 is 2.74 bits per heavy atom. The van der Waals surface area contributed by atoms with Crippen LogP contribution in [-0.2, 0) is 27.4 Å². The average molecular weight is 479 g/mol. The summed E-state index contributed by atoms with van der Waals surface area (Å²) in [7, 11) is 0. The van der Waals surface area contributed by atoms with Gasteiger partial charge >= 0.3 is 11.6 Å². The Balaban J connectivity index is 1.25. The first-order valence-electron chi connectivity index (χ1n) is 10.5. The predicted molar refractivity (Wildman–Crippen MR) is 128 cm³/mol. The van der Waals surface area contributed by atoms with E-state index in [4.69, 9.17) is 13.9 Å². The van der Waals surface area contributed by atoms with Crippen LogP contribution in [-0.4, -0.2) is 23.5 Å². The molecule has 0 aliphatic rings. The quantitative estimate of drug-likeness (QED) is 0.299. The third kappa shape index (κ3) is 5.87. The SMILES string of the molecule is Cc1ccccc1NC(=O)Cc1nc(COC(=O)COc2ccc3c(C)cc(=O)oc3c2)cs1. The van der Waals surface area contributed by atoms with Crippen LogP contribution in [0, 0.1) is 13.8 Å². The fourth-order valence-electron chi connectivity index (χ4n) is 3.27. The van der Waals surface area contributed by atoms with E-state index in [2.05, 4.69) is 10.3 Å². The Bertz CT molecular complexity index is 1410. The van der Waals surface area contributed by atoms with Gasteiger partial charge < -0.3 is 19.2 Å². The molecule has 0 bridgehead atoms. The lowest BCUT2D eigenvalue weighted by Gasteiger charge is -2.07. The van der Waals surface area contributed by atoms with Gasteiger partial charge in [-0.2, -0.15) is 0 Å². The Kier molecular flexibility index (Phi) is 7.03. The molecule has 0 atom stereocenters. The number of hydrogen-bond acceptors (Lipinski definition) is 8. The molecule has 0 aliphatic carbocycles. The van der Waals surface area contributed by atoms with Crippen LogP contribution >= 0.6 is 11.3 Å². The number of amides is 1. The Morgan fingerprint density at radius 2 is 1.91 bits per heavy atom. The smallest absolute Gasteiger partial charge is 0.344 e. The number of ether oxygens (including phenoxy) is 2. The van der Waals surface area contributed by atoms with Crippen LogP contribution in [0.5, 0.6) is 5.75 Å². The number of carbonyl (C=O) groups is 2. The zero-order valence-electron chi connectivity index (χ0n) is 18.6. The second-order valence-electron chi connectivity index (χ2n) is 7.63. The van der Waals surface area contributed by atoms with E-state index < -0.39 is 11.6 Å². The molecule has 8 nitrogen and oxygen atoms in total. The third-order valence-electron chi connectivity index (χ3n) is 4.99. The number of rotatable bonds is 8. The molecule has 0 radical (unpaired) electrons. The number of benzene rings is 2. The van der Waals surface area contributed by atoms with E-state index in [-0.39, 0.29) is 25.5 Å². The van der Waals surface area contributed by atoms with E-state index >= 15 is 0 Å². The predicted octanol–water partition coefficient (Wildman–Crippen LogP) is 4.17. The molecule has 34 heavy (non-hydrogen) atoms. The average Bonchev–Trinajstić information content (AvgIpc) is 3.24. The highest BCUT2D eigenvalue weighted by Gasteiger charge is 2.12. The van der Waals surface area contributed by atoms with Crippen molar-refractivity contribution in [1.82, 2.24) is 4.98 Å². The molecule has 4 rings (SSSR count). The first-order chi connectivity index (χ1) is 16.4. The molecule has 2 heterocycles. The number of nitrogens with zero attached hydrogens (tertiary/aromatic N) is 1. The van der Waals surface area contributed by atoms with Crippen molar-refractivity contribution in [1.29, 1.82) is 0 Å². The number of aromatic nitrogens is 1. The maximum Gasteiger partial charge on any atom is 0.344 e. The van der Waals surface area contributed by atoms with Crippen LogP contribution < -0.4 is 15.7 Å². The molecule has 1 amide bonds. The second kappa shape index (κ2) is 10.3. The van der Waals surface area contributed by atoms with Crippen molar-refractivity contribution < 1.29 is 23.5 Å². The largest absolute Gasteiger partial charge is 0.482 e. The molecule has 174 valence electrons. The van der Waals surface area contributed by atoms with Gasteiger partial charge in [0, 0.05) is 28.6 Å². The molecule has 2 aromatic carbocycles. The maximum absolute atomic E-state index is 12.3. The van der Waals surface area contributed by atoms with Crippen molar-refractivity contribution in [2.45, 2.75) is 26.9 Å². The van der Waals surface area contributed by atoms with Gasteiger partial charge in [0.05, 0.1) is 12.1 Å². The zero-order valence-corrected chi connectivity index (χ0v) is 19.4. The van der Waals surface area contributed by atoms with E-state index in [0.29, 0.717) is 22.0 Å². The van der Waals surface area contributed by atoms with Crippen molar-refractivity contribution in [2.75, 3.05) is 11.9 Å². The number of para-hydroxylation sites is 1. The molecule has 0 spiro atoms. The number of aryl methyl sites for hydroxylation is 2. The van der Waals surface area contributed by atoms with Crippen LogP contribution in [0.15, 0.2) is 63.1 Å². The van der Waals surface area contributed by atoms with Gasteiger partial charge in [0.1, 0.15) is 22.9 Å². The molecule has 0 unspecified atom stereocenters. The summed E-state index contributed by atoms with van der Waals surface area (Å²) in [5.74, 6) is -0.353. The lowest BCUT2D eigenvalue weighted by Crippen LogP contribution is -2.16. The molecule has 0 saturated heterocycles. The fraction of sp³-hybridized carbons (Fsp3) is 0.200. The second-order valence-corrected chi connectivity index (χ2v) is 8.57. The molecular formula is C25H22N2O6S. The summed E-state index contributed by atoms with van der Waals surface area (Å²) in [6, 6.07) is 14.0. The zero-order chi connectivity index (χ0) is 24.1. The Labute approximate surface area is 199 Å². The number of anilines is 1. The van der Waals surface area contributed by atoms with Gasteiger partial charge in [-0.15, -0.1) is 11.3 Å². The van der Waals surface area contributed by atoms with Crippen LogP contribution in [0.2, 0.25) is 0 Å². The van der Waals surface area contributed by atoms with Crippen LogP contribution in [0.3, 0.4) is 0 Å². The van der Waals surface area contributed by atoms with Gasteiger partial charge in [0.15, 0.2) is 6.61 Å². The fourth-order valence-corrected chi connectivity index (χ4v) is 4.05. The van der Waals surface area contributed by atoms with Crippen molar-refractivity contribution in [3.63, 3.8) is 0 Å². The number of fused-ring (bicyclic) bond motifs is 1. The van der Waals surface area contributed by atoms with Crippen LogP contribution in [0.1, 0.15) is 21.8 Å². The van der Waals surface area contributed by atoms with Gasteiger partial charge in [-0.1, -0.05) is 18.2 Å². The van der Waals surface area contributed by atoms with E-state index in [0.717, 1.165) is 22.2 Å². The van der Waals surface area contributed by atoms with Crippen LogP contribution in [0.4, 0.5) is 5.69 Å². The van der Waals surface area contributed by atoms with E-state index in [9.17, 15) is 14.4 Å². The molecule has 1 N–H and O–H groups in total. The molecule has 0 saturated carbocycles. The molecule has 4 aromatic rings. The summed E-state index contributed by atoms with van der Waals surface area (Å²) < 4.78 is 15.8. The highest BCUT2D eigenvalue weighted by Crippen LogP contribution is 2.22. The summed E-state index contributed by atoms with van der Waals surface area (Å²) in [4.78, 5) is 40.3. The Hall–Kier alpha value is -3.98. The first kappa shape index (κ1) is 23.2. The van der Waals surface area contributed by atoms with Crippen molar-refractivity contribution in [3.8, 4) is 5.75 Å². The van der Waals surface area contributed by atoms with Crippen molar-refractivity contribution in [2.24, 2.45) is 0 Å². The number of thiazole rings is 1. The monoisotopic (exact) mass is 478 g/mol. The highest BCUT2D eigenvalue weighted by atomic mass is 32.1. The van der Waals surface area contributed by atoms with Gasteiger partial charge in [0.25, 0.3) is 0 Å². The lowest BCUT2D eigenvalue weighted by molar-refractivity contribution is -0.147. The number of hydrogen-bond donors (Lipinski definition) is 1. The lowest BCUT2D eigenvalue weighted by atomic mass is 10.1. The summed E-state index contributed by atoms with van der Waals surface area (Å²) >= 11 is 1.33. The third-order valence-corrected chi connectivity index (χ3v) is 5.89. The van der Waals surface area contributed by atoms with Crippen LogP contribution in [0.25, 0.3) is 11.0 Å². The minimum absolute atomic E-state index is 0.0239. The van der Waals surface area contributed by atoms with Gasteiger partial charge in [-0.05, 0) is 43.2 Å². The molecule has 9 heteroatoms. The Morgan fingerprint density at radius 1 is 1.09 bits per heavy atom. The summed E-state index contributed by atoms with van der Waals surface area (Å²) in [5, 5.41) is 6.04. The molecule has 0 aliphatic heterocycles. The first-order valence-corrected chi connectivity index (χ1v) is 11.4. The highest BCUT2D eigenvalue weighted by molar-refractivity contribution is 7.09. The molecule has 0 fully saturated rings. The van der Waals surface area contributed by atoms with E-state index in [1.54, 1.807) is 23.6 Å². The molecule has 2 aromatic heterocycles. The van der Waals surface area contributed by atoms with Crippen molar-refractivity contribution in [3.05, 3.63) is 86.2 Å². The van der Waals surface area contributed by atoms with Gasteiger partial charge in [-0.25, -0.2) is 14.6 Å². The van der Waals surface area contributed by atoms with E-state index in [1.165, 1.54) is 17.4 Å². The summed E-state index contributed by atoms with van der Waals surface area (Å²) in [6.07, 6.45) is 0.133. The number of carbonyl (C=O) groups excluding carboxylic acids is 2. The van der Waals surface area contributed by atoms with Crippen molar-refractivity contribution >= 4 is 39.9 Å². The normalized spacial score (nSPS) is 10.8.